The maximum absolute atomic E-state index is 13.7. The highest BCUT2D eigenvalue weighted by atomic mass is 16.8. The van der Waals surface area contributed by atoms with Crippen molar-refractivity contribution in [3.8, 4) is 0 Å². The van der Waals surface area contributed by atoms with Gasteiger partial charge in [0.15, 0.2) is 12.2 Å². The number of hydrogen-bond donors (Lipinski definition) is 2. The number of ether oxygens (including phenoxy) is 5. The molecule has 2 N–H and O–H groups in total. The molecule has 7 rings (SSSR count). The Balaban J connectivity index is 1.50. The van der Waals surface area contributed by atoms with E-state index in [9.17, 15) is 24.6 Å². The molecular formula is C27H28O10. The number of carbonyl (C=O) groups excluding carboxylic acids is 3. The molecule has 2 spiro atoms. The summed E-state index contributed by atoms with van der Waals surface area (Å²) in [5.74, 6) is -2.99. The number of aliphatic hydroxyl groups excluding tert-OH is 2. The van der Waals surface area contributed by atoms with Crippen LogP contribution in [-0.4, -0.2) is 70.5 Å². The predicted octanol–water partition coefficient (Wildman–Crippen LogP) is 0.775. The number of carbonyl (C=O) groups is 3. The summed E-state index contributed by atoms with van der Waals surface area (Å²) in [5, 5.41) is 23.8. The molecule has 2 saturated carbocycles. The highest BCUT2D eigenvalue weighted by molar-refractivity contribution is 6.00. The fourth-order valence-corrected chi connectivity index (χ4v) is 8.73. The van der Waals surface area contributed by atoms with Gasteiger partial charge in [-0.2, -0.15) is 0 Å². The molecule has 4 heterocycles. The van der Waals surface area contributed by atoms with E-state index in [-0.39, 0.29) is 17.8 Å². The van der Waals surface area contributed by atoms with Gasteiger partial charge in [-0.3, -0.25) is 0 Å². The van der Waals surface area contributed by atoms with Crippen LogP contribution < -0.4 is 0 Å². The molecular weight excluding hydrogens is 484 g/mol. The molecule has 37 heavy (non-hydrogen) atoms. The fraction of sp³-hybridized carbons (Fsp3) is 0.593. The smallest absolute Gasteiger partial charge is 0.344 e. The van der Waals surface area contributed by atoms with E-state index in [4.69, 9.17) is 23.7 Å². The summed E-state index contributed by atoms with van der Waals surface area (Å²) in [6, 6.07) is 9.25. The van der Waals surface area contributed by atoms with E-state index < -0.39 is 82.5 Å². The Bertz CT molecular complexity index is 1280. The summed E-state index contributed by atoms with van der Waals surface area (Å²) in [5.41, 5.74) is -4.77. The molecule has 0 amide bonds. The Morgan fingerprint density at radius 3 is 2.41 bits per heavy atom. The largest absolute Gasteiger partial charge is 0.456 e. The lowest BCUT2D eigenvalue weighted by Crippen LogP contribution is -2.63. The normalized spacial score (nSPS) is 47.0. The van der Waals surface area contributed by atoms with Crippen molar-refractivity contribution >= 4 is 17.9 Å². The van der Waals surface area contributed by atoms with Crippen molar-refractivity contribution in [2.24, 2.45) is 22.2 Å². The Morgan fingerprint density at radius 1 is 1.03 bits per heavy atom. The summed E-state index contributed by atoms with van der Waals surface area (Å²) in [6.07, 6.45) is -7.86. The van der Waals surface area contributed by atoms with Gasteiger partial charge >= 0.3 is 17.9 Å². The van der Waals surface area contributed by atoms with Gasteiger partial charge in [0.1, 0.15) is 12.2 Å². The first-order chi connectivity index (χ1) is 17.5. The molecule has 10 nitrogen and oxygen atoms in total. The molecule has 196 valence electrons. The highest BCUT2D eigenvalue weighted by Gasteiger charge is 3.01. The van der Waals surface area contributed by atoms with Crippen molar-refractivity contribution in [3.05, 3.63) is 47.0 Å². The Labute approximate surface area is 212 Å². The number of rotatable bonds is 3. The van der Waals surface area contributed by atoms with E-state index in [1.807, 2.05) is 51.1 Å². The van der Waals surface area contributed by atoms with Crippen LogP contribution in [0, 0.1) is 22.2 Å². The molecule has 1 aromatic carbocycles. The lowest BCUT2D eigenvalue weighted by Gasteiger charge is -2.48. The van der Waals surface area contributed by atoms with Crippen molar-refractivity contribution in [3.63, 3.8) is 0 Å². The molecule has 6 unspecified atom stereocenters. The van der Waals surface area contributed by atoms with Gasteiger partial charge in [-0.1, -0.05) is 51.1 Å². The summed E-state index contributed by atoms with van der Waals surface area (Å²) in [6.45, 7) is 7.24. The highest BCUT2D eigenvalue weighted by Crippen LogP contribution is 2.83. The molecule has 10 atom stereocenters. The van der Waals surface area contributed by atoms with Gasteiger partial charge in [-0.25, -0.2) is 14.4 Å². The van der Waals surface area contributed by atoms with Gasteiger partial charge in [0.2, 0.25) is 11.9 Å². The van der Waals surface area contributed by atoms with E-state index in [2.05, 4.69) is 0 Å². The van der Waals surface area contributed by atoms with Crippen LogP contribution in [0.15, 0.2) is 41.5 Å². The van der Waals surface area contributed by atoms with Crippen LogP contribution in [0.3, 0.4) is 0 Å². The molecule has 3 saturated heterocycles. The molecule has 0 bridgehead atoms. The lowest BCUT2D eigenvalue weighted by molar-refractivity contribution is -0.195. The number of aliphatic hydroxyl groups is 2. The maximum atomic E-state index is 13.7. The van der Waals surface area contributed by atoms with Crippen LogP contribution in [0.5, 0.6) is 0 Å². The Kier molecular flexibility index (Phi) is 4.29. The first-order valence-electron chi connectivity index (χ1n) is 12.5. The molecule has 4 aliphatic heterocycles. The van der Waals surface area contributed by atoms with Gasteiger partial charge in [-0.05, 0) is 17.9 Å². The van der Waals surface area contributed by atoms with E-state index in [0.29, 0.717) is 0 Å². The van der Waals surface area contributed by atoms with E-state index in [1.54, 1.807) is 0 Å². The zero-order valence-electron chi connectivity index (χ0n) is 20.8. The average Bonchev–Trinajstić information content (AvgIpc) is 3.55. The van der Waals surface area contributed by atoms with Gasteiger partial charge in [-0.15, -0.1) is 0 Å². The molecule has 0 radical (unpaired) electrons. The number of esters is 3. The summed E-state index contributed by atoms with van der Waals surface area (Å²) >= 11 is 0. The topological polar surface area (TPSA) is 138 Å². The number of hydrogen-bond acceptors (Lipinski definition) is 10. The van der Waals surface area contributed by atoms with Gasteiger partial charge < -0.3 is 33.9 Å². The molecule has 5 fully saturated rings. The maximum Gasteiger partial charge on any atom is 0.344 e. The summed E-state index contributed by atoms with van der Waals surface area (Å²) < 4.78 is 29.9. The second-order valence-electron chi connectivity index (χ2n) is 12.0. The SMILES string of the molecule is CC1=C2C(OC1=O)[C@H](O)C13C4OC(=O)C21OC1OC(=O)[C@H](OCc2ccccc2)C13[C@H](C(C)(C)C)[C@H]4O. The second-order valence-corrected chi connectivity index (χ2v) is 12.0. The minimum Gasteiger partial charge on any atom is -0.456 e. The number of benzene rings is 1. The van der Waals surface area contributed by atoms with Crippen LogP contribution in [0.2, 0.25) is 0 Å². The van der Waals surface area contributed by atoms with Crippen molar-refractivity contribution in [2.45, 2.75) is 76.7 Å². The van der Waals surface area contributed by atoms with Crippen LogP contribution in [0.1, 0.15) is 33.3 Å². The molecule has 1 aromatic rings. The van der Waals surface area contributed by atoms with Crippen molar-refractivity contribution in [1.29, 1.82) is 0 Å². The molecule has 0 aromatic heterocycles. The molecule has 2 aliphatic carbocycles. The zero-order chi connectivity index (χ0) is 26.3. The van der Waals surface area contributed by atoms with Crippen LogP contribution in [0.25, 0.3) is 0 Å². The van der Waals surface area contributed by atoms with Crippen LogP contribution in [-0.2, 0) is 44.7 Å². The standard InChI is InChI=1S/C27H28O10/c1-11-13-15(34-20(11)30)17(29)26-18-14(28)16(24(2,3)4)25(26)19(33-10-12-8-6-5-7-9-12)21(31)36-23(25)37-27(13,26)22(32)35-18/h5-9,14-19,23,28-29H,10H2,1-4H3/t14-,15?,16+,17+,18?,19+,23?,25?,26?,27?/m1/s1. The quantitative estimate of drug-likeness (QED) is 0.441. The third-order valence-corrected chi connectivity index (χ3v) is 9.53. The lowest BCUT2D eigenvalue weighted by atomic mass is 9.51. The van der Waals surface area contributed by atoms with Crippen molar-refractivity contribution in [2.75, 3.05) is 0 Å². The minimum atomic E-state index is -1.97. The fourth-order valence-electron chi connectivity index (χ4n) is 8.73. The van der Waals surface area contributed by atoms with Gasteiger partial charge in [0, 0.05) is 17.1 Å². The summed E-state index contributed by atoms with van der Waals surface area (Å²) in [4.78, 5) is 39.8. The predicted molar refractivity (Wildman–Crippen MR) is 121 cm³/mol. The third-order valence-electron chi connectivity index (χ3n) is 9.53. The Hall–Kier alpha value is -2.79. The summed E-state index contributed by atoms with van der Waals surface area (Å²) in [7, 11) is 0. The zero-order valence-corrected chi connectivity index (χ0v) is 20.8. The monoisotopic (exact) mass is 512 g/mol. The van der Waals surface area contributed by atoms with Crippen LogP contribution >= 0.6 is 0 Å². The van der Waals surface area contributed by atoms with E-state index in [0.717, 1.165) is 5.56 Å². The average molecular weight is 513 g/mol. The van der Waals surface area contributed by atoms with Crippen molar-refractivity contribution < 1.29 is 48.3 Å². The van der Waals surface area contributed by atoms with E-state index in [1.165, 1.54) is 6.92 Å². The third kappa shape index (κ3) is 2.20. The van der Waals surface area contributed by atoms with E-state index >= 15 is 0 Å². The second kappa shape index (κ2) is 6.79. The molecule has 6 aliphatic rings. The minimum absolute atomic E-state index is 0.0425. The van der Waals surface area contributed by atoms with Crippen LogP contribution in [0.4, 0.5) is 0 Å². The first kappa shape index (κ1) is 23.3. The number of fused-ring (bicyclic) bond motifs is 1. The van der Waals surface area contributed by atoms with Crippen molar-refractivity contribution in [1.82, 2.24) is 0 Å². The molecule has 10 heteroatoms. The first-order valence-corrected chi connectivity index (χ1v) is 12.5. The van der Waals surface area contributed by atoms with Gasteiger partial charge in [0.05, 0.1) is 23.5 Å². The Morgan fingerprint density at radius 2 is 1.73 bits per heavy atom. The van der Waals surface area contributed by atoms with Gasteiger partial charge in [0.25, 0.3) is 0 Å².